The first kappa shape index (κ1) is 19.4. The number of carbonyl (C=O) groups excluding carboxylic acids is 2. The fourth-order valence-corrected chi connectivity index (χ4v) is 3.16. The topological polar surface area (TPSA) is 95.9 Å². The zero-order chi connectivity index (χ0) is 20.1. The number of nitrogens with zero attached hydrogens (tertiary/aromatic N) is 1. The third-order valence-corrected chi connectivity index (χ3v) is 4.56. The SMILES string of the molecule is Cc1cccc(CNC(=O)[C@H]2CC(=O)N(c3ccc(OCC(=O)O)cc3)C2)c1. The molecule has 1 aliphatic heterocycles. The molecule has 0 saturated carbocycles. The Balaban J connectivity index is 1.56. The van der Waals surface area contributed by atoms with Crippen molar-refractivity contribution in [3.05, 3.63) is 59.7 Å². The summed E-state index contributed by atoms with van der Waals surface area (Å²) in [4.78, 5) is 36.9. The van der Waals surface area contributed by atoms with Crippen LogP contribution in [0.4, 0.5) is 5.69 Å². The number of rotatable bonds is 7. The summed E-state index contributed by atoms with van der Waals surface area (Å²) in [5.41, 5.74) is 2.80. The van der Waals surface area contributed by atoms with Crippen molar-refractivity contribution in [3.8, 4) is 5.75 Å². The number of carboxylic acids is 1. The highest BCUT2D eigenvalue weighted by molar-refractivity contribution is 6.00. The van der Waals surface area contributed by atoms with Gasteiger partial charge in [0.05, 0.1) is 5.92 Å². The zero-order valence-corrected chi connectivity index (χ0v) is 15.6. The fourth-order valence-electron chi connectivity index (χ4n) is 3.16. The van der Waals surface area contributed by atoms with Gasteiger partial charge in [-0.3, -0.25) is 9.59 Å². The maximum absolute atomic E-state index is 12.5. The lowest BCUT2D eigenvalue weighted by Crippen LogP contribution is -2.32. The third-order valence-electron chi connectivity index (χ3n) is 4.56. The number of benzene rings is 2. The van der Waals surface area contributed by atoms with Crippen molar-refractivity contribution in [2.75, 3.05) is 18.1 Å². The molecule has 146 valence electrons. The molecule has 0 bridgehead atoms. The highest BCUT2D eigenvalue weighted by Gasteiger charge is 2.35. The monoisotopic (exact) mass is 382 g/mol. The summed E-state index contributed by atoms with van der Waals surface area (Å²) >= 11 is 0. The van der Waals surface area contributed by atoms with Crippen LogP contribution in [0, 0.1) is 12.8 Å². The van der Waals surface area contributed by atoms with Crippen molar-refractivity contribution >= 4 is 23.5 Å². The van der Waals surface area contributed by atoms with E-state index in [9.17, 15) is 14.4 Å². The lowest BCUT2D eigenvalue weighted by molar-refractivity contribution is -0.139. The molecule has 0 aliphatic carbocycles. The Morgan fingerprint density at radius 3 is 2.64 bits per heavy atom. The van der Waals surface area contributed by atoms with Gasteiger partial charge in [-0.25, -0.2) is 4.79 Å². The van der Waals surface area contributed by atoms with Crippen LogP contribution in [0.3, 0.4) is 0 Å². The predicted molar refractivity (Wildman–Crippen MR) is 103 cm³/mol. The van der Waals surface area contributed by atoms with E-state index in [1.807, 2.05) is 31.2 Å². The molecule has 0 radical (unpaired) electrons. The lowest BCUT2D eigenvalue weighted by Gasteiger charge is -2.17. The first-order valence-corrected chi connectivity index (χ1v) is 9.00. The molecule has 0 unspecified atom stereocenters. The molecule has 1 saturated heterocycles. The molecule has 7 nitrogen and oxygen atoms in total. The Morgan fingerprint density at radius 1 is 1.21 bits per heavy atom. The maximum atomic E-state index is 12.5. The summed E-state index contributed by atoms with van der Waals surface area (Å²) in [6.07, 6.45) is 0.164. The molecule has 7 heteroatoms. The van der Waals surface area contributed by atoms with E-state index >= 15 is 0 Å². The molecule has 2 amide bonds. The number of carboxylic acid groups (broad SMARTS) is 1. The van der Waals surface area contributed by atoms with Crippen molar-refractivity contribution in [1.82, 2.24) is 5.32 Å². The van der Waals surface area contributed by atoms with Gasteiger partial charge in [0.15, 0.2) is 6.61 Å². The average molecular weight is 382 g/mol. The van der Waals surface area contributed by atoms with Gasteiger partial charge in [0, 0.05) is 25.2 Å². The van der Waals surface area contributed by atoms with E-state index in [4.69, 9.17) is 9.84 Å². The molecule has 3 rings (SSSR count). The van der Waals surface area contributed by atoms with Crippen molar-refractivity contribution in [2.45, 2.75) is 19.9 Å². The summed E-state index contributed by atoms with van der Waals surface area (Å²) in [5, 5.41) is 11.5. The van der Waals surface area contributed by atoms with E-state index in [0.717, 1.165) is 11.1 Å². The largest absolute Gasteiger partial charge is 0.482 e. The third kappa shape index (κ3) is 4.88. The van der Waals surface area contributed by atoms with Crippen LogP contribution in [-0.4, -0.2) is 36.0 Å². The molecule has 28 heavy (non-hydrogen) atoms. The molecule has 1 heterocycles. The van der Waals surface area contributed by atoms with Crippen molar-refractivity contribution in [1.29, 1.82) is 0 Å². The summed E-state index contributed by atoms with van der Waals surface area (Å²) < 4.78 is 5.09. The van der Waals surface area contributed by atoms with Crippen LogP contribution in [0.5, 0.6) is 5.75 Å². The van der Waals surface area contributed by atoms with Crippen LogP contribution in [0.1, 0.15) is 17.5 Å². The van der Waals surface area contributed by atoms with Crippen LogP contribution in [-0.2, 0) is 20.9 Å². The van der Waals surface area contributed by atoms with Crippen LogP contribution in [0.25, 0.3) is 0 Å². The summed E-state index contributed by atoms with van der Waals surface area (Å²) in [7, 11) is 0. The van der Waals surface area contributed by atoms with E-state index in [0.29, 0.717) is 24.5 Å². The van der Waals surface area contributed by atoms with Gasteiger partial charge in [-0.2, -0.15) is 0 Å². The van der Waals surface area contributed by atoms with Crippen LogP contribution in [0.15, 0.2) is 48.5 Å². The fraction of sp³-hybridized carbons (Fsp3) is 0.286. The second kappa shape index (κ2) is 8.56. The van der Waals surface area contributed by atoms with Gasteiger partial charge in [-0.05, 0) is 36.8 Å². The second-order valence-corrected chi connectivity index (χ2v) is 6.79. The quantitative estimate of drug-likeness (QED) is 0.765. The molecule has 0 spiro atoms. The van der Waals surface area contributed by atoms with E-state index in [1.54, 1.807) is 29.2 Å². The smallest absolute Gasteiger partial charge is 0.341 e. The summed E-state index contributed by atoms with van der Waals surface area (Å²) in [6.45, 7) is 2.32. The maximum Gasteiger partial charge on any atom is 0.341 e. The molecule has 1 fully saturated rings. The normalized spacial score (nSPS) is 16.1. The minimum Gasteiger partial charge on any atom is -0.482 e. The Morgan fingerprint density at radius 2 is 1.96 bits per heavy atom. The molecule has 1 atom stereocenters. The van der Waals surface area contributed by atoms with Crippen LogP contribution in [0.2, 0.25) is 0 Å². The van der Waals surface area contributed by atoms with Crippen molar-refractivity contribution in [2.24, 2.45) is 5.92 Å². The minimum atomic E-state index is -1.06. The van der Waals surface area contributed by atoms with Crippen LogP contribution < -0.4 is 15.0 Å². The number of ether oxygens (including phenoxy) is 1. The molecule has 2 aromatic rings. The second-order valence-electron chi connectivity index (χ2n) is 6.79. The Kier molecular flexibility index (Phi) is 5.93. The number of hydrogen-bond acceptors (Lipinski definition) is 4. The summed E-state index contributed by atoms with van der Waals surface area (Å²) in [5.74, 6) is -1.31. The number of hydrogen-bond donors (Lipinski definition) is 2. The predicted octanol–water partition coefficient (Wildman–Crippen LogP) is 2.13. The van der Waals surface area contributed by atoms with Crippen molar-refractivity contribution in [3.63, 3.8) is 0 Å². The zero-order valence-electron chi connectivity index (χ0n) is 15.6. The van der Waals surface area contributed by atoms with E-state index in [2.05, 4.69) is 5.32 Å². The Hall–Kier alpha value is -3.35. The Bertz CT molecular complexity index is 879. The molecule has 2 N–H and O–H groups in total. The average Bonchev–Trinajstić information content (AvgIpc) is 3.07. The first-order chi connectivity index (χ1) is 13.4. The number of amides is 2. The standard InChI is InChI=1S/C21H22N2O5/c1-14-3-2-4-15(9-14)11-22-21(27)16-10-19(24)23(12-16)17-5-7-18(8-6-17)28-13-20(25)26/h2-9,16H,10-13H2,1H3,(H,22,27)(H,25,26)/t16-/m0/s1. The molecule has 1 aliphatic rings. The summed E-state index contributed by atoms with van der Waals surface area (Å²) in [6, 6.07) is 14.5. The van der Waals surface area contributed by atoms with Gasteiger partial charge in [-0.15, -0.1) is 0 Å². The van der Waals surface area contributed by atoms with Crippen molar-refractivity contribution < 1.29 is 24.2 Å². The van der Waals surface area contributed by atoms with Gasteiger partial charge in [0.1, 0.15) is 5.75 Å². The lowest BCUT2D eigenvalue weighted by atomic mass is 10.1. The highest BCUT2D eigenvalue weighted by Crippen LogP contribution is 2.27. The first-order valence-electron chi connectivity index (χ1n) is 9.00. The van der Waals surface area contributed by atoms with Gasteiger partial charge < -0.3 is 20.1 Å². The molecule has 2 aromatic carbocycles. The number of aliphatic carboxylic acids is 1. The van der Waals surface area contributed by atoms with Gasteiger partial charge in [0.2, 0.25) is 11.8 Å². The molecular formula is C21H22N2O5. The number of aryl methyl sites for hydroxylation is 1. The molecule has 0 aromatic heterocycles. The van der Waals surface area contributed by atoms with E-state index in [1.165, 1.54) is 0 Å². The highest BCUT2D eigenvalue weighted by atomic mass is 16.5. The van der Waals surface area contributed by atoms with Crippen LogP contribution >= 0.6 is 0 Å². The number of carbonyl (C=O) groups is 3. The number of anilines is 1. The van der Waals surface area contributed by atoms with Gasteiger partial charge in [0.25, 0.3) is 0 Å². The van der Waals surface area contributed by atoms with E-state index in [-0.39, 0.29) is 18.2 Å². The Labute approximate surface area is 162 Å². The van der Waals surface area contributed by atoms with E-state index < -0.39 is 18.5 Å². The minimum absolute atomic E-state index is 0.116. The molecular weight excluding hydrogens is 360 g/mol. The van der Waals surface area contributed by atoms with Gasteiger partial charge >= 0.3 is 5.97 Å². The van der Waals surface area contributed by atoms with Gasteiger partial charge in [-0.1, -0.05) is 29.8 Å². The number of nitrogens with one attached hydrogen (secondary N) is 1.